The van der Waals surface area contributed by atoms with E-state index in [0.717, 1.165) is 6.42 Å². The predicted molar refractivity (Wildman–Crippen MR) is 46.9 cm³/mol. The molecule has 2 atom stereocenters. The number of likely N-dealkylation sites (tertiary alicyclic amines) is 1. The number of nitrogens with zero attached hydrogens (tertiary/aromatic N) is 1. The highest BCUT2D eigenvalue weighted by Crippen LogP contribution is 2.29. The molecular formula is C9H17F2NO. The molecule has 4 heteroatoms. The largest absolute Gasteiger partial charge is 0.386 e. The first-order chi connectivity index (χ1) is 5.97. The van der Waals surface area contributed by atoms with Gasteiger partial charge in [-0.25, -0.2) is 8.78 Å². The van der Waals surface area contributed by atoms with E-state index < -0.39 is 12.0 Å². The van der Waals surface area contributed by atoms with Gasteiger partial charge in [0.15, 0.2) is 0 Å². The first kappa shape index (κ1) is 10.9. The summed E-state index contributed by atoms with van der Waals surface area (Å²) in [6, 6.07) is 0.283. The molecule has 0 aromatic carbocycles. The van der Waals surface area contributed by atoms with Gasteiger partial charge in [-0.15, -0.1) is 0 Å². The van der Waals surface area contributed by atoms with Crippen molar-refractivity contribution in [3.05, 3.63) is 0 Å². The van der Waals surface area contributed by atoms with Crippen molar-refractivity contribution in [2.75, 3.05) is 13.1 Å². The number of piperidine rings is 1. The highest BCUT2D eigenvalue weighted by atomic mass is 19.3. The molecule has 0 bridgehead atoms. The Balaban J connectivity index is 2.51. The number of alkyl halides is 2. The summed E-state index contributed by atoms with van der Waals surface area (Å²) in [5, 5.41) is 9.16. The van der Waals surface area contributed by atoms with Crippen LogP contribution in [0.2, 0.25) is 0 Å². The van der Waals surface area contributed by atoms with Gasteiger partial charge in [0.1, 0.15) is 6.10 Å². The van der Waals surface area contributed by atoms with Gasteiger partial charge < -0.3 is 5.11 Å². The molecule has 0 aliphatic carbocycles. The molecule has 0 amide bonds. The van der Waals surface area contributed by atoms with E-state index in [0.29, 0.717) is 6.54 Å². The molecule has 2 nitrogen and oxygen atoms in total. The topological polar surface area (TPSA) is 23.5 Å². The first-order valence-corrected chi connectivity index (χ1v) is 4.77. The third kappa shape index (κ3) is 2.38. The summed E-state index contributed by atoms with van der Waals surface area (Å²) in [6.45, 7) is 4.50. The van der Waals surface area contributed by atoms with Crippen molar-refractivity contribution in [1.29, 1.82) is 0 Å². The molecule has 0 spiro atoms. The SMILES string of the molecule is CCC(C)N1CCC(F)(F)C(O)C1. The van der Waals surface area contributed by atoms with E-state index in [4.69, 9.17) is 5.11 Å². The van der Waals surface area contributed by atoms with E-state index in [1.54, 1.807) is 0 Å². The second-order valence-corrected chi connectivity index (χ2v) is 3.78. The average Bonchev–Trinajstić information content (AvgIpc) is 2.08. The Labute approximate surface area is 77.5 Å². The number of aliphatic hydroxyl groups excluding tert-OH is 1. The fraction of sp³-hybridized carbons (Fsp3) is 1.00. The van der Waals surface area contributed by atoms with Gasteiger partial charge in [0.25, 0.3) is 5.92 Å². The Morgan fingerprint density at radius 1 is 1.62 bits per heavy atom. The van der Waals surface area contributed by atoms with E-state index in [1.807, 2.05) is 18.7 Å². The van der Waals surface area contributed by atoms with E-state index >= 15 is 0 Å². The fourth-order valence-corrected chi connectivity index (χ4v) is 1.56. The average molecular weight is 193 g/mol. The van der Waals surface area contributed by atoms with Gasteiger partial charge in [-0.05, 0) is 13.3 Å². The molecule has 13 heavy (non-hydrogen) atoms. The van der Waals surface area contributed by atoms with Gasteiger partial charge in [-0.3, -0.25) is 4.90 Å². The summed E-state index contributed by atoms with van der Waals surface area (Å²) >= 11 is 0. The van der Waals surface area contributed by atoms with Crippen LogP contribution in [0.5, 0.6) is 0 Å². The van der Waals surface area contributed by atoms with Crippen LogP contribution in [0.4, 0.5) is 8.78 Å². The van der Waals surface area contributed by atoms with Gasteiger partial charge in [0.2, 0.25) is 0 Å². The zero-order valence-electron chi connectivity index (χ0n) is 8.13. The minimum Gasteiger partial charge on any atom is -0.386 e. The third-order valence-corrected chi connectivity index (χ3v) is 2.84. The molecular weight excluding hydrogens is 176 g/mol. The number of halogens is 2. The van der Waals surface area contributed by atoms with Crippen molar-refractivity contribution in [3.8, 4) is 0 Å². The maximum atomic E-state index is 12.9. The number of hydrogen-bond donors (Lipinski definition) is 1. The summed E-state index contributed by atoms with van der Waals surface area (Å²) in [6.07, 6.45) is -0.785. The molecule has 0 aromatic rings. The Morgan fingerprint density at radius 2 is 2.23 bits per heavy atom. The second-order valence-electron chi connectivity index (χ2n) is 3.78. The number of hydrogen-bond acceptors (Lipinski definition) is 2. The van der Waals surface area contributed by atoms with Gasteiger partial charge in [-0.2, -0.15) is 0 Å². The van der Waals surface area contributed by atoms with Crippen molar-refractivity contribution in [1.82, 2.24) is 4.90 Å². The van der Waals surface area contributed by atoms with E-state index in [-0.39, 0.29) is 19.0 Å². The van der Waals surface area contributed by atoms with Crippen LogP contribution in [-0.4, -0.2) is 41.2 Å². The lowest BCUT2D eigenvalue weighted by Gasteiger charge is -2.38. The normalized spacial score (nSPS) is 31.6. The summed E-state index contributed by atoms with van der Waals surface area (Å²) < 4.78 is 25.7. The maximum Gasteiger partial charge on any atom is 0.275 e. The molecule has 2 unspecified atom stereocenters. The van der Waals surface area contributed by atoms with Crippen molar-refractivity contribution in [3.63, 3.8) is 0 Å². The van der Waals surface area contributed by atoms with Crippen LogP contribution < -0.4 is 0 Å². The number of rotatable bonds is 2. The molecule has 1 aliphatic rings. The van der Waals surface area contributed by atoms with Gasteiger partial charge in [0, 0.05) is 25.6 Å². The Morgan fingerprint density at radius 3 is 2.69 bits per heavy atom. The predicted octanol–water partition coefficient (Wildman–Crippen LogP) is 1.49. The van der Waals surface area contributed by atoms with Crippen molar-refractivity contribution in [2.24, 2.45) is 0 Å². The highest BCUT2D eigenvalue weighted by molar-refractivity contribution is 4.87. The molecule has 1 N–H and O–H groups in total. The molecule has 1 heterocycles. The quantitative estimate of drug-likeness (QED) is 0.718. The van der Waals surface area contributed by atoms with E-state index in [1.165, 1.54) is 0 Å². The summed E-state index contributed by atoms with van der Waals surface area (Å²) in [7, 11) is 0. The van der Waals surface area contributed by atoms with Crippen LogP contribution >= 0.6 is 0 Å². The summed E-state index contributed by atoms with van der Waals surface area (Å²) in [5.41, 5.74) is 0. The third-order valence-electron chi connectivity index (χ3n) is 2.84. The second kappa shape index (κ2) is 3.88. The standard InChI is InChI=1S/C9H17F2NO/c1-3-7(2)12-5-4-9(10,11)8(13)6-12/h7-8,13H,3-6H2,1-2H3. The van der Waals surface area contributed by atoms with Crippen molar-refractivity contribution in [2.45, 2.75) is 44.8 Å². The zero-order valence-corrected chi connectivity index (χ0v) is 8.13. The van der Waals surface area contributed by atoms with Gasteiger partial charge in [-0.1, -0.05) is 6.92 Å². The minimum absolute atomic E-state index is 0.0992. The summed E-state index contributed by atoms with van der Waals surface area (Å²) in [5.74, 6) is -2.88. The molecule has 0 aromatic heterocycles. The van der Waals surface area contributed by atoms with Crippen molar-refractivity contribution < 1.29 is 13.9 Å². The molecule has 0 saturated carbocycles. The molecule has 0 radical (unpaired) electrons. The smallest absolute Gasteiger partial charge is 0.275 e. The molecule has 1 aliphatic heterocycles. The zero-order chi connectivity index (χ0) is 10.1. The monoisotopic (exact) mass is 193 g/mol. The Kier molecular flexibility index (Phi) is 3.24. The van der Waals surface area contributed by atoms with Crippen LogP contribution in [-0.2, 0) is 0 Å². The number of β-amino-alcohol motifs (C(OH)–C–C–N with tert-alkyl or cyclic N) is 1. The van der Waals surface area contributed by atoms with E-state index in [2.05, 4.69) is 0 Å². The fourth-order valence-electron chi connectivity index (χ4n) is 1.56. The highest BCUT2D eigenvalue weighted by Gasteiger charge is 2.43. The lowest BCUT2D eigenvalue weighted by molar-refractivity contribution is -0.151. The first-order valence-electron chi connectivity index (χ1n) is 4.77. The Bertz CT molecular complexity index is 175. The lowest BCUT2D eigenvalue weighted by atomic mass is 10.0. The Hall–Kier alpha value is -0.220. The van der Waals surface area contributed by atoms with Gasteiger partial charge in [0.05, 0.1) is 0 Å². The van der Waals surface area contributed by atoms with Crippen LogP contribution in [0.15, 0.2) is 0 Å². The van der Waals surface area contributed by atoms with Crippen LogP contribution in [0.3, 0.4) is 0 Å². The number of aliphatic hydroxyl groups is 1. The van der Waals surface area contributed by atoms with Crippen LogP contribution in [0, 0.1) is 0 Å². The maximum absolute atomic E-state index is 12.9. The lowest BCUT2D eigenvalue weighted by Crippen LogP contribution is -2.53. The molecule has 1 fully saturated rings. The van der Waals surface area contributed by atoms with Gasteiger partial charge >= 0.3 is 0 Å². The van der Waals surface area contributed by atoms with Crippen LogP contribution in [0.25, 0.3) is 0 Å². The summed E-state index contributed by atoms with van der Waals surface area (Å²) in [4.78, 5) is 1.92. The molecule has 1 saturated heterocycles. The minimum atomic E-state index is -2.88. The molecule has 78 valence electrons. The van der Waals surface area contributed by atoms with E-state index in [9.17, 15) is 8.78 Å². The van der Waals surface area contributed by atoms with Crippen molar-refractivity contribution >= 4 is 0 Å². The molecule has 1 rings (SSSR count). The van der Waals surface area contributed by atoms with Crippen LogP contribution in [0.1, 0.15) is 26.7 Å².